The highest BCUT2D eigenvalue weighted by Gasteiger charge is 2.55. The van der Waals surface area contributed by atoms with Crippen molar-refractivity contribution in [3.63, 3.8) is 0 Å². The zero-order valence-corrected chi connectivity index (χ0v) is 9.06. The third-order valence-corrected chi connectivity index (χ3v) is 3.58. The third-order valence-electron chi connectivity index (χ3n) is 3.58. The first kappa shape index (κ1) is 10.3. The minimum atomic E-state index is -0.998. The molecule has 1 saturated heterocycles. The zero-order valence-electron chi connectivity index (χ0n) is 9.06. The van der Waals surface area contributed by atoms with Crippen molar-refractivity contribution in [1.29, 1.82) is 0 Å². The molecule has 84 valence electrons. The van der Waals surface area contributed by atoms with Crippen LogP contribution in [0.2, 0.25) is 0 Å². The molecule has 1 saturated carbocycles. The van der Waals surface area contributed by atoms with Crippen molar-refractivity contribution in [3.8, 4) is 0 Å². The second-order valence-electron chi connectivity index (χ2n) is 4.58. The molecular weight excluding hydrogens is 196 g/mol. The van der Waals surface area contributed by atoms with Crippen molar-refractivity contribution in [2.24, 2.45) is 5.92 Å². The predicted octanol–water partition coefficient (Wildman–Crippen LogP) is 0.607. The molecule has 0 aromatic rings. The van der Waals surface area contributed by atoms with E-state index in [2.05, 4.69) is 0 Å². The molecule has 1 aliphatic carbocycles. The second kappa shape index (κ2) is 3.12. The average molecular weight is 212 g/mol. The molecule has 0 aromatic carbocycles. The van der Waals surface area contributed by atoms with E-state index in [1.54, 1.807) is 18.9 Å². The van der Waals surface area contributed by atoms with Gasteiger partial charge in [-0.05, 0) is 25.7 Å². The van der Waals surface area contributed by atoms with Gasteiger partial charge >= 0.3 is 12.0 Å². The van der Waals surface area contributed by atoms with Crippen LogP contribution in [0.5, 0.6) is 0 Å². The largest absolute Gasteiger partial charge is 0.479 e. The molecule has 1 heterocycles. The predicted molar refractivity (Wildman–Crippen MR) is 53.5 cm³/mol. The van der Waals surface area contributed by atoms with E-state index >= 15 is 0 Å². The van der Waals surface area contributed by atoms with Crippen molar-refractivity contribution in [3.05, 3.63) is 0 Å². The van der Waals surface area contributed by atoms with E-state index in [0.717, 1.165) is 12.8 Å². The summed E-state index contributed by atoms with van der Waals surface area (Å²) < 4.78 is 0. The van der Waals surface area contributed by atoms with Crippen LogP contribution in [0.1, 0.15) is 19.8 Å². The Hall–Kier alpha value is -1.26. The Morgan fingerprint density at radius 3 is 2.40 bits per heavy atom. The van der Waals surface area contributed by atoms with Crippen LogP contribution in [0, 0.1) is 5.92 Å². The molecule has 1 N–H and O–H groups in total. The van der Waals surface area contributed by atoms with E-state index < -0.39 is 11.5 Å². The van der Waals surface area contributed by atoms with Gasteiger partial charge in [0.15, 0.2) is 0 Å². The lowest BCUT2D eigenvalue weighted by molar-refractivity contribution is -0.149. The zero-order chi connectivity index (χ0) is 11.2. The molecule has 15 heavy (non-hydrogen) atoms. The Morgan fingerprint density at radius 2 is 2.07 bits per heavy atom. The molecule has 2 amide bonds. The first-order chi connectivity index (χ1) is 6.98. The minimum Gasteiger partial charge on any atom is -0.479 e. The molecule has 0 aromatic heterocycles. The molecule has 2 aliphatic rings. The summed E-state index contributed by atoms with van der Waals surface area (Å²) in [6, 6.07) is -0.160. The van der Waals surface area contributed by atoms with Gasteiger partial charge in [-0.15, -0.1) is 0 Å². The van der Waals surface area contributed by atoms with Crippen molar-refractivity contribution >= 4 is 12.0 Å². The molecule has 0 bridgehead atoms. The van der Waals surface area contributed by atoms with Gasteiger partial charge in [-0.25, -0.2) is 9.59 Å². The maximum Gasteiger partial charge on any atom is 0.329 e. The van der Waals surface area contributed by atoms with Crippen LogP contribution in [-0.2, 0) is 4.79 Å². The summed E-state index contributed by atoms with van der Waals surface area (Å²) in [7, 11) is 1.71. The van der Waals surface area contributed by atoms with Gasteiger partial charge in [-0.2, -0.15) is 0 Å². The Morgan fingerprint density at radius 1 is 1.47 bits per heavy atom. The molecule has 2 fully saturated rings. The monoisotopic (exact) mass is 212 g/mol. The fraction of sp³-hybridized carbons (Fsp3) is 0.800. The lowest BCUT2D eigenvalue weighted by Gasteiger charge is -2.34. The van der Waals surface area contributed by atoms with E-state index in [1.807, 2.05) is 0 Å². The number of amides is 2. The highest BCUT2D eigenvalue weighted by molar-refractivity contribution is 5.87. The summed E-state index contributed by atoms with van der Waals surface area (Å²) in [5.74, 6) is -0.751. The van der Waals surface area contributed by atoms with E-state index in [-0.39, 0.29) is 11.9 Å². The van der Waals surface area contributed by atoms with Gasteiger partial charge in [0, 0.05) is 20.1 Å². The topological polar surface area (TPSA) is 60.9 Å². The fourth-order valence-electron chi connectivity index (χ4n) is 2.23. The first-order valence-electron chi connectivity index (χ1n) is 5.24. The van der Waals surface area contributed by atoms with Crippen LogP contribution in [-0.4, -0.2) is 52.6 Å². The van der Waals surface area contributed by atoms with E-state index in [0.29, 0.717) is 13.1 Å². The summed E-state index contributed by atoms with van der Waals surface area (Å²) in [6.45, 7) is 2.81. The van der Waals surface area contributed by atoms with E-state index in [1.165, 1.54) is 4.90 Å². The molecule has 1 unspecified atom stereocenters. The van der Waals surface area contributed by atoms with Gasteiger partial charge in [-0.1, -0.05) is 0 Å². The number of urea groups is 1. The molecule has 1 aliphatic heterocycles. The number of hydrogen-bond donors (Lipinski definition) is 1. The normalized spacial score (nSPS) is 25.6. The number of carbonyl (C=O) groups is 2. The standard InChI is InChI=1S/C10H16N2O3/c1-10(8(13)14,7-3-4-7)12-6-5-11(2)9(12)15/h7H,3-6H2,1-2H3,(H,13,14). The van der Waals surface area contributed by atoms with Gasteiger partial charge in [0.1, 0.15) is 5.54 Å². The maximum atomic E-state index is 11.8. The van der Waals surface area contributed by atoms with Crippen LogP contribution < -0.4 is 0 Å². The fourth-order valence-corrected chi connectivity index (χ4v) is 2.23. The Labute approximate surface area is 88.6 Å². The van der Waals surface area contributed by atoms with Crippen LogP contribution in [0.25, 0.3) is 0 Å². The summed E-state index contributed by atoms with van der Waals surface area (Å²) in [4.78, 5) is 26.2. The molecule has 1 atom stereocenters. The van der Waals surface area contributed by atoms with Crippen molar-refractivity contribution in [1.82, 2.24) is 9.80 Å². The third kappa shape index (κ3) is 1.37. The second-order valence-corrected chi connectivity index (χ2v) is 4.58. The number of carboxylic acids is 1. The SMILES string of the molecule is CN1CCN(C(C)(C(=O)O)C2CC2)C1=O. The van der Waals surface area contributed by atoms with Gasteiger partial charge in [-0.3, -0.25) is 0 Å². The highest BCUT2D eigenvalue weighted by atomic mass is 16.4. The smallest absolute Gasteiger partial charge is 0.329 e. The van der Waals surface area contributed by atoms with Gasteiger partial charge in [0.2, 0.25) is 0 Å². The number of carboxylic acid groups (broad SMARTS) is 1. The lowest BCUT2D eigenvalue weighted by atomic mass is 9.94. The quantitative estimate of drug-likeness (QED) is 0.745. The maximum absolute atomic E-state index is 11.8. The number of rotatable bonds is 3. The van der Waals surface area contributed by atoms with Crippen LogP contribution in [0.3, 0.4) is 0 Å². The lowest BCUT2D eigenvalue weighted by Crippen LogP contribution is -2.55. The number of nitrogens with zero attached hydrogens (tertiary/aromatic N) is 2. The van der Waals surface area contributed by atoms with Gasteiger partial charge in [0.25, 0.3) is 0 Å². The first-order valence-corrected chi connectivity index (χ1v) is 5.24. The van der Waals surface area contributed by atoms with Gasteiger partial charge < -0.3 is 14.9 Å². The average Bonchev–Trinajstić information content (AvgIpc) is 2.95. The molecule has 0 radical (unpaired) electrons. The minimum absolute atomic E-state index is 0.130. The highest BCUT2D eigenvalue weighted by Crippen LogP contribution is 2.44. The van der Waals surface area contributed by atoms with Crippen LogP contribution >= 0.6 is 0 Å². The summed E-state index contributed by atoms with van der Waals surface area (Å²) in [5, 5.41) is 9.29. The number of hydrogen-bond acceptors (Lipinski definition) is 2. The van der Waals surface area contributed by atoms with Gasteiger partial charge in [0.05, 0.1) is 0 Å². The van der Waals surface area contributed by atoms with E-state index in [4.69, 9.17) is 0 Å². The van der Waals surface area contributed by atoms with Crippen LogP contribution in [0.15, 0.2) is 0 Å². The van der Waals surface area contributed by atoms with Crippen molar-refractivity contribution in [2.45, 2.75) is 25.3 Å². The van der Waals surface area contributed by atoms with E-state index in [9.17, 15) is 14.7 Å². The molecular formula is C10H16N2O3. The summed E-state index contributed by atoms with van der Waals surface area (Å²) in [6.07, 6.45) is 1.83. The number of carbonyl (C=O) groups excluding carboxylic acids is 1. The summed E-state index contributed by atoms with van der Waals surface area (Å²) >= 11 is 0. The Bertz CT molecular complexity index is 314. The molecule has 0 spiro atoms. The Kier molecular flexibility index (Phi) is 2.13. The Balaban J connectivity index is 2.26. The van der Waals surface area contributed by atoms with Crippen molar-refractivity contribution in [2.75, 3.05) is 20.1 Å². The number of aliphatic carboxylic acids is 1. The molecule has 5 heteroatoms. The molecule has 2 rings (SSSR count). The summed E-state index contributed by atoms with van der Waals surface area (Å²) in [5.41, 5.74) is -0.998. The number of likely N-dealkylation sites (N-methyl/N-ethyl adjacent to an activating group) is 1. The molecule has 5 nitrogen and oxygen atoms in total. The van der Waals surface area contributed by atoms with Crippen LogP contribution in [0.4, 0.5) is 4.79 Å². The van der Waals surface area contributed by atoms with Crippen molar-refractivity contribution < 1.29 is 14.7 Å².